The Morgan fingerprint density at radius 3 is 2.72 bits per heavy atom. The Hall–Kier alpha value is -1.54. The topological polar surface area (TPSA) is 104 Å². The zero-order valence-corrected chi connectivity index (χ0v) is 10.9. The Morgan fingerprint density at radius 2 is 2.06 bits per heavy atom. The van der Waals surface area contributed by atoms with E-state index in [1.165, 1.54) is 6.33 Å². The minimum Gasteiger partial charge on any atom is -0.315 e. The highest BCUT2D eigenvalue weighted by Crippen LogP contribution is 2.16. The molecule has 0 amide bonds. The Balaban J connectivity index is 2.43. The molecule has 2 rings (SSSR count). The molecule has 0 spiro atoms. The summed E-state index contributed by atoms with van der Waals surface area (Å²) in [7, 11) is -3.87. The highest BCUT2D eigenvalue weighted by Gasteiger charge is 2.18. The van der Waals surface area contributed by atoms with Crippen molar-refractivity contribution in [2.24, 2.45) is 5.14 Å². The second-order valence-corrected chi connectivity index (χ2v) is 5.52. The molecule has 0 radical (unpaired) electrons. The summed E-state index contributed by atoms with van der Waals surface area (Å²) in [6.45, 7) is 2.87. The minimum atomic E-state index is -3.87. The van der Waals surface area contributed by atoms with Crippen LogP contribution in [0.4, 0.5) is 0 Å². The highest BCUT2D eigenvalue weighted by molar-refractivity contribution is 7.89. The number of primary sulfonamides is 1. The largest absolute Gasteiger partial charge is 0.315 e. The summed E-state index contributed by atoms with van der Waals surface area (Å²) < 4.78 is 24.5. The molecule has 2 aromatic heterocycles. The van der Waals surface area contributed by atoms with Crippen LogP contribution in [0.5, 0.6) is 0 Å². The molecule has 0 aromatic carbocycles. The molecule has 0 aliphatic heterocycles. The Morgan fingerprint density at radius 1 is 1.28 bits per heavy atom. The van der Waals surface area contributed by atoms with E-state index in [1.807, 2.05) is 4.57 Å². The van der Waals surface area contributed by atoms with Crippen molar-refractivity contribution < 1.29 is 8.42 Å². The van der Waals surface area contributed by atoms with Gasteiger partial charge >= 0.3 is 0 Å². The number of hydrogen-bond donors (Lipinski definition) is 1. The fourth-order valence-corrected chi connectivity index (χ4v) is 2.37. The summed E-state index contributed by atoms with van der Waals surface area (Å²) in [4.78, 5) is 11.8. The Kier molecular flexibility index (Phi) is 3.58. The summed E-state index contributed by atoms with van der Waals surface area (Å²) >= 11 is 0. The predicted molar refractivity (Wildman–Crippen MR) is 66.2 cm³/mol. The molecule has 0 saturated carbocycles. The maximum absolute atomic E-state index is 11.4. The number of rotatable bonds is 5. The van der Waals surface area contributed by atoms with Gasteiger partial charge < -0.3 is 4.57 Å². The lowest BCUT2D eigenvalue weighted by Crippen LogP contribution is -2.15. The molecule has 2 aromatic rings. The van der Waals surface area contributed by atoms with Crippen LogP contribution in [0, 0.1) is 0 Å². The van der Waals surface area contributed by atoms with Crippen LogP contribution in [-0.2, 0) is 16.6 Å². The average molecular weight is 269 g/mol. The van der Waals surface area contributed by atoms with E-state index in [2.05, 4.69) is 21.9 Å². The van der Waals surface area contributed by atoms with Crippen LogP contribution >= 0.6 is 0 Å². The van der Waals surface area contributed by atoms with Crippen molar-refractivity contribution >= 4 is 21.2 Å². The summed E-state index contributed by atoms with van der Waals surface area (Å²) in [6.07, 6.45) is 5.98. The molecule has 0 unspecified atom stereocenters. The van der Waals surface area contributed by atoms with Gasteiger partial charge in [-0.2, -0.15) is 0 Å². The molecule has 0 aliphatic carbocycles. The van der Waals surface area contributed by atoms with Crippen molar-refractivity contribution in [3.63, 3.8) is 0 Å². The first kappa shape index (κ1) is 12.9. The lowest BCUT2D eigenvalue weighted by molar-refractivity contribution is 0.594. The zero-order chi connectivity index (χ0) is 13.2. The van der Waals surface area contributed by atoms with Gasteiger partial charge in [0.2, 0.25) is 5.03 Å². The molecule has 0 saturated heterocycles. The van der Waals surface area contributed by atoms with Crippen molar-refractivity contribution in [2.75, 3.05) is 0 Å². The fraction of sp³-hybridized carbons (Fsp3) is 0.500. The number of unbranched alkanes of at least 4 members (excludes halogenated alkanes) is 2. The summed E-state index contributed by atoms with van der Waals surface area (Å²) in [5.74, 6) is 0. The summed E-state index contributed by atoms with van der Waals surface area (Å²) in [5.41, 5.74) is 0.738. The normalized spacial score (nSPS) is 12.1. The molecule has 2 heterocycles. The highest BCUT2D eigenvalue weighted by atomic mass is 32.2. The van der Waals surface area contributed by atoms with Crippen molar-refractivity contribution in [1.82, 2.24) is 19.5 Å². The molecule has 0 bridgehead atoms. The van der Waals surface area contributed by atoms with Gasteiger partial charge in [0.25, 0.3) is 10.0 Å². The summed E-state index contributed by atoms with van der Waals surface area (Å²) in [6, 6.07) is 0. The van der Waals surface area contributed by atoms with Crippen LogP contribution in [-0.4, -0.2) is 27.9 Å². The number of nitrogens with two attached hydrogens (primary N) is 1. The smallest absolute Gasteiger partial charge is 0.257 e. The second-order valence-electron chi connectivity index (χ2n) is 4.04. The van der Waals surface area contributed by atoms with E-state index in [0.717, 1.165) is 25.8 Å². The molecule has 0 fully saturated rings. The first-order valence-electron chi connectivity index (χ1n) is 5.72. The molecule has 0 atom stereocenters. The first-order valence-corrected chi connectivity index (χ1v) is 7.27. The van der Waals surface area contributed by atoms with Crippen LogP contribution in [0.2, 0.25) is 0 Å². The quantitative estimate of drug-likeness (QED) is 0.634. The van der Waals surface area contributed by atoms with Crippen molar-refractivity contribution in [1.29, 1.82) is 0 Å². The summed E-state index contributed by atoms with van der Waals surface area (Å²) in [5, 5.41) is 4.87. The van der Waals surface area contributed by atoms with Gasteiger partial charge in [0.15, 0.2) is 5.65 Å². The van der Waals surface area contributed by atoms with Crippen LogP contribution in [0.25, 0.3) is 11.2 Å². The third kappa shape index (κ3) is 2.49. The number of fused-ring (bicyclic) bond motifs is 1. The Bertz CT molecular complexity index is 649. The minimum absolute atomic E-state index is 0.221. The van der Waals surface area contributed by atoms with Gasteiger partial charge in [-0.1, -0.05) is 19.8 Å². The van der Waals surface area contributed by atoms with E-state index in [1.54, 1.807) is 6.33 Å². The van der Waals surface area contributed by atoms with Crippen LogP contribution in [0.1, 0.15) is 26.2 Å². The maximum Gasteiger partial charge on any atom is 0.257 e. The standard InChI is InChI=1S/C10H15N5O2S/c1-2-3-4-5-15-7-14-8-9(15)12-6-13-10(8)18(11,16)17/h6-7H,2-5H2,1H3,(H2,11,16,17). The molecular formula is C10H15N5O2S. The van der Waals surface area contributed by atoms with Crippen LogP contribution in [0.15, 0.2) is 17.7 Å². The van der Waals surface area contributed by atoms with E-state index >= 15 is 0 Å². The third-order valence-electron chi connectivity index (χ3n) is 2.64. The van der Waals surface area contributed by atoms with Crippen molar-refractivity contribution in [3.8, 4) is 0 Å². The predicted octanol–water partition coefficient (Wildman–Crippen LogP) is 0.664. The average Bonchev–Trinajstić information content (AvgIpc) is 2.71. The second kappa shape index (κ2) is 4.99. The molecule has 98 valence electrons. The lowest BCUT2D eigenvalue weighted by atomic mass is 10.2. The fourth-order valence-electron chi connectivity index (χ4n) is 1.76. The number of hydrogen-bond acceptors (Lipinski definition) is 5. The Labute approximate surface area is 105 Å². The zero-order valence-electron chi connectivity index (χ0n) is 10.1. The number of sulfonamides is 1. The molecular weight excluding hydrogens is 254 g/mol. The first-order chi connectivity index (χ1) is 8.54. The molecule has 2 N–H and O–H groups in total. The lowest BCUT2D eigenvalue weighted by Gasteiger charge is -2.02. The van der Waals surface area contributed by atoms with Gasteiger partial charge in [0, 0.05) is 6.54 Å². The van der Waals surface area contributed by atoms with Gasteiger partial charge in [-0.15, -0.1) is 0 Å². The monoisotopic (exact) mass is 269 g/mol. The number of aromatic nitrogens is 4. The van der Waals surface area contributed by atoms with Gasteiger partial charge in [0.05, 0.1) is 6.33 Å². The van der Waals surface area contributed by atoms with E-state index in [9.17, 15) is 8.42 Å². The molecule has 7 nitrogen and oxygen atoms in total. The van der Waals surface area contributed by atoms with Gasteiger partial charge in [0.1, 0.15) is 11.8 Å². The SMILES string of the molecule is CCCCCn1cnc2c(S(N)(=O)=O)ncnc21. The number of imidazole rings is 1. The third-order valence-corrected chi connectivity index (χ3v) is 3.48. The van der Waals surface area contributed by atoms with E-state index in [-0.39, 0.29) is 10.5 Å². The maximum atomic E-state index is 11.4. The molecule has 8 heteroatoms. The van der Waals surface area contributed by atoms with E-state index in [4.69, 9.17) is 5.14 Å². The molecule has 18 heavy (non-hydrogen) atoms. The van der Waals surface area contributed by atoms with Gasteiger partial charge in [-0.05, 0) is 6.42 Å². The van der Waals surface area contributed by atoms with Crippen molar-refractivity contribution in [3.05, 3.63) is 12.7 Å². The van der Waals surface area contributed by atoms with Crippen molar-refractivity contribution in [2.45, 2.75) is 37.8 Å². The molecule has 0 aliphatic rings. The van der Waals surface area contributed by atoms with E-state index < -0.39 is 10.0 Å². The van der Waals surface area contributed by atoms with Crippen LogP contribution in [0.3, 0.4) is 0 Å². The van der Waals surface area contributed by atoms with Gasteiger partial charge in [-0.3, -0.25) is 0 Å². The number of aryl methyl sites for hydroxylation is 1. The number of nitrogens with zero attached hydrogens (tertiary/aromatic N) is 4. The van der Waals surface area contributed by atoms with E-state index in [0.29, 0.717) is 5.65 Å². The van der Waals surface area contributed by atoms with Crippen LogP contribution < -0.4 is 5.14 Å². The van der Waals surface area contributed by atoms with Gasteiger partial charge in [-0.25, -0.2) is 28.5 Å².